The molecule has 0 amide bonds. The van der Waals surface area contributed by atoms with Crippen LogP contribution in [0, 0.1) is 10.8 Å². The fourth-order valence-electron chi connectivity index (χ4n) is 2.82. The number of ketones is 1. The van der Waals surface area contributed by atoms with Gasteiger partial charge in [-0.2, -0.15) is 13.2 Å². The number of carbonyl (C=O) groups excluding carboxylic acids is 1. The average Bonchev–Trinajstić information content (AvgIpc) is 2.50. The Kier molecular flexibility index (Phi) is 7.26. The van der Waals surface area contributed by atoms with Crippen LogP contribution in [0.15, 0.2) is 21.9 Å². The number of pyridine rings is 1. The van der Waals surface area contributed by atoms with Gasteiger partial charge in [-0.05, 0) is 27.8 Å². The van der Waals surface area contributed by atoms with E-state index in [9.17, 15) is 18.0 Å². The number of hydrogen-bond acceptors (Lipinski definition) is 5. The number of halogens is 4. The lowest BCUT2D eigenvalue weighted by atomic mass is 9.71. The largest absolute Gasteiger partial charge is 0.483 e. The zero-order chi connectivity index (χ0) is 21.0. The predicted molar refractivity (Wildman–Crippen MR) is 98.0 cm³/mol. The predicted octanol–water partition coefficient (Wildman–Crippen LogP) is 4.55. The van der Waals surface area contributed by atoms with Crippen molar-refractivity contribution >= 4 is 27.5 Å². The molecule has 1 aromatic heterocycles. The number of hydrogen-bond donors (Lipinski definition) is 2. The minimum atomic E-state index is -4.51. The van der Waals surface area contributed by atoms with Gasteiger partial charge in [-0.3, -0.25) is 9.78 Å². The van der Waals surface area contributed by atoms with Crippen LogP contribution in [0.2, 0.25) is 0 Å². The van der Waals surface area contributed by atoms with Gasteiger partial charge >= 0.3 is 6.18 Å². The van der Waals surface area contributed by atoms with Crippen molar-refractivity contribution in [1.82, 2.24) is 4.98 Å². The SMILES string of the molecule is CC(C)(C)CC(C)(CC(=O)c1cc(OCC(F)(F)F)c(Br)cn1)/C(N)=N/O. The molecule has 1 heterocycles. The van der Waals surface area contributed by atoms with Gasteiger partial charge in [0.1, 0.15) is 17.3 Å². The molecule has 0 saturated heterocycles. The molecule has 0 aromatic carbocycles. The maximum Gasteiger partial charge on any atom is 0.422 e. The summed E-state index contributed by atoms with van der Waals surface area (Å²) in [7, 11) is 0. The summed E-state index contributed by atoms with van der Waals surface area (Å²) < 4.78 is 42.0. The molecular weight excluding hydrogens is 431 g/mol. The van der Waals surface area contributed by atoms with Crippen molar-refractivity contribution in [3.05, 3.63) is 22.4 Å². The Labute approximate surface area is 164 Å². The van der Waals surface area contributed by atoms with E-state index in [0.29, 0.717) is 6.42 Å². The molecule has 1 unspecified atom stereocenters. The third-order valence-electron chi connectivity index (χ3n) is 3.69. The van der Waals surface area contributed by atoms with Crippen molar-refractivity contribution < 1.29 is 27.9 Å². The molecule has 0 bridgehead atoms. The molecule has 0 fully saturated rings. The van der Waals surface area contributed by atoms with E-state index >= 15 is 0 Å². The second-order valence-electron chi connectivity index (χ2n) is 7.79. The monoisotopic (exact) mass is 453 g/mol. The van der Waals surface area contributed by atoms with Crippen LogP contribution < -0.4 is 10.5 Å². The molecule has 6 nitrogen and oxygen atoms in total. The Morgan fingerprint density at radius 2 is 1.93 bits per heavy atom. The van der Waals surface area contributed by atoms with E-state index in [1.165, 1.54) is 6.20 Å². The van der Waals surface area contributed by atoms with Crippen LogP contribution in [-0.2, 0) is 0 Å². The molecule has 152 valence electrons. The van der Waals surface area contributed by atoms with Crippen LogP contribution in [0.5, 0.6) is 5.75 Å². The molecule has 1 atom stereocenters. The number of aromatic nitrogens is 1. The van der Waals surface area contributed by atoms with E-state index in [2.05, 4.69) is 26.1 Å². The van der Waals surface area contributed by atoms with Crippen molar-refractivity contribution in [3.8, 4) is 5.75 Å². The van der Waals surface area contributed by atoms with Gasteiger partial charge in [-0.15, -0.1) is 0 Å². The molecule has 0 aliphatic heterocycles. The third-order valence-corrected chi connectivity index (χ3v) is 4.29. The molecule has 0 radical (unpaired) electrons. The second kappa shape index (κ2) is 8.45. The van der Waals surface area contributed by atoms with Crippen molar-refractivity contribution in [2.24, 2.45) is 21.7 Å². The lowest BCUT2D eigenvalue weighted by Crippen LogP contribution is -2.39. The molecule has 3 N–H and O–H groups in total. The van der Waals surface area contributed by atoms with Crippen LogP contribution >= 0.6 is 15.9 Å². The summed E-state index contributed by atoms with van der Waals surface area (Å²) in [6.07, 6.45) is -3.00. The first-order chi connectivity index (χ1) is 12.2. The summed E-state index contributed by atoms with van der Waals surface area (Å²) in [6, 6.07) is 1.14. The van der Waals surface area contributed by atoms with Gasteiger partial charge in [0.15, 0.2) is 12.4 Å². The molecule has 27 heavy (non-hydrogen) atoms. The molecule has 10 heteroatoms. The highest BCUT2D eigenvalue weighted by Crippen LogP contribution is 2.38. The molecule has 1 aromatic rings. The highest BCUT2D eigenvalue weighted by Gasteiger charge is 2.37. The summed E-state index contributed by atoms with van der Waals surface area (Å²) >= 11 is 3.04. The Morgan fingerprint density at radius 1 is 1.33 bits per heavy atom. The average molecular weight is 454 g/mol. The van der Waals surface area contributed by atoms with E-state index < -0.39 is 24.0 Å². The number of amidine groups is 1. The van der Waals surface area contributed by atoms with Crippen LogP contribution in [0.3, 0.4) is 0 Å². The number of alkyl halides is 3. The van der Waals surface area contributed by atoms with E-state index in [-0.39, 0.29) is 33.6 Å². The summed E-state index contributed by atoms with van der Waals surface area (Å²) in [6.45, 7) is 6.03. The number of rotatable bonds is 7. The molecule has 0 aliphatic carbocycles. The van der Waals surface area contributed by atoms with Crippen LogP contribution in [-0.4, -0.2) is 34.6 Å². The van der Waals surface area contributed by atoms with Gasteiger partial charge in [0.25, 0.3) is 0 Å². The van der Waals surface area contributed by atoms with Crippen LogP contribution in [0.4, 0.5) is 13.2 Å². The van der Waals surface area contributed by atoms with E-state index in [4.69, 9.17) is 15.7 Å². The van der Waals surface area contributed by atoms with Crippen molar-refractivity contribution in [2.75, 3.05) is 6.61 Å². The number of carbonyl (C=O) groups is 1. The Bertz CT molecular complexity index is 718. The fraction of sp³-hybridized carbons (Fsp3) is 0.588. The van der Waals surface area contributed by atoms with Crippen molar-refractivity contribution in [3.63, 3.8) is 0 Å². The Hall–Kier alpha value is -1.84. The van der Waals surface area contributed by atoms with Gasteiger partial charge in [0, 0.05) is 24.1 Å². The van der Waals surface area contributed by atoms with Crippen LogP contribution in [0.25, 0.3) is 0 Å². The van der Waals surface area contributed by atoms with Gasteiger partial charge in [0.2, 0.25) is 0 Å². The normalized spacial score (nSPS) is 15.3. The summed E-state index contributed by atoms with van der Waals surface area (Å²) in [4.78, 5) is 16.6. The Morgan fingerprint density at radius 3 is 2.41 bits per heavy atom. The zero-order valence-corrected chi connectivity index (χ0v) is 17.1. The van der Waals surface area contributed by atoms with E-state index in [1.54, 1.807) is 6.92 Å². The number of oxime groups is 1. The summed E-state index contributed by atoms with van der Waals surface area (Å²) in [5.74, 6) is -0.707. The number of Topliss-reactive ketones (excluding diaryl/α,β-unsaturated/α-hetero) is 1. The standard InChI is InChI=1S/C17H23BrF3N3O3/c1-15(2,3)8-16(4,14(22)24-26)6-12(25)11-5-13(10(18)7-23-11)27-9-17(19,20)21/h5,7,26H,6,8-9H2,1-4H3,(H2,22,24). The molecule has 0 aliphatic rings. The maximum atomic E-state index is 12.7. The van der Waals surface area contributed by atoms with Gasteiger partial charge in [0.05, 0.1) is 4.47 Å². The first-order valence-electron chi connectivity index (χ1n) is 8.03. The number of ether oxygens (including phenoxy) is 1. The Balaban J connectivity index is 3.09. The highest BCUT2D eigenvalue weighted by atomic mass is 79.9. The summed E-state index contributed by atoms with van der Waals surface area (Å²) in [5.41, 5.74) is 4.56. The number of nitrogens with zero attached hydrogens (tertiary/aromatic N) is 2. The fourth-order valence-corrected chi connectivity index (χ4v) is 3.15. The maximum absolute atomic E-state index is 12.7. The number of nitrogens with two attached hydrogens (primary N) is 1. The lowest BCUT2D eigenvalue weighted by molar-refractivity contribution is -0.153. The first-order valence-corrected chi connectivity index (χ1v) is 8.82. The molecule has 1 rings (SSSR count). The first kappa shape index (κ1) is 23.2. The van der Waals surface area contributed by atoms with Gasteiger partial charge in [-0.1, -0.05) is 32.9 Å². The third kappa shape index (κ3) is 7.36. The highest BCUT2D eigenvalue weighted by molar-refractivity contribution is 9.10. The smallest absolute Gasteiger partial charge is 0.422 e. The topological polar surface area (TPSA) is 97.8 Å². The second-order valence-corrected chi connectivity index (χ2v) is 8.64. The summed E-state index contributed by atoms with van der Waals surface area (Å²) in [5, 5.41) is 12.1. The van der Waals surface area contributed by atoms with Gasteiger partial charge < -0.3 is 15.7 Å². The lowest BCUT2D eigenvalue weighted by Gasteiger charge is -2.34. The van der Waals surface area contributed by atoms with Gasteiger partial charge in [-0.25, -0.2) is 0 Å². The van der Waals surface area contributed by atoms with Crippen molar-refractivity contribution in [2.45, 2.75) is 46.7 Å². The van der Waals surface area contributed by atoms with E-state index in [1.807, 2.05) is 20.8 Å². The van der Waals surface area contributed by atoms with E-state index in [0.717, 1.165) is 6.07 Å². The minimum Gasteiger partial charge on any atom is -0.483 e. The zero-order valence-electron chi connectivity index (χ0n) is 15.5. The molecule has 0 spiro atoms. The molecule has 0 saturated carbocycles. The van der Waals surface area contributed by atoms with Crippen molar-refractivity contribution in [1.29, 1.82) is 0 Å². The minimum absolute atomic E-state index is 0.0683. The van der Waals surface area contributed by atoms with Crippen LogP contribution in [0.1, 0.15) is 51.0 Å². The molecular formula is C17H23BrF3N3O3. The quantitative estimate of drug-likeness (QED) is 0.207.